The van der Waals surface area contributed by atoms with Crippen LogP contribution in [0.2, 0.25) is 0 Å². The number of hydrogen-bond acceptors (Lipinski definition) is 0. The molecule has 7 aromatic rings. The third-order valence-electron chi connectivity index (χ3n) is 8.30. The summed E-state index contributed by atoms with van der Waals surface area (Å²) in [7, 11) is -2.63. The van der Waals surface area contributed by atoms with Gasteiger partial charge in [0.25, 0.3) is 0 Å². The maximum atomic E-state index is 2.50. The van der Waals surface area contributed by atoms with E-state index in [2.05, 4.69) is 169 Å². The Morgan fingerprint density at radius 3 is 1.68 bits per heavy atom. The minimum Gasteiger partial charge on any atom is -0.309 e. The third-order valence-corrected chi connectivity index (χ3v) is 13.1. The van der Waals surface area contributed by atoms with Gasteiger partial charge in [0.2, 0.25) is 0 Å². The lowest BCUT2D eigenvalue weighted by molar-refractivity contribution is 1.14. The molecule has 192 valence electrons. The number of para-hydroxylation sites is 2. The molecule has 1 nitrogen and oxygen atoms in total. The van der Waals surface area contributed by atoms with Crippen LogP contribution >= 0.6 is 0 Å². The van der Waals surface area contributed by atoms with E-state index in [1.54, 1.807) is 0 Å². The molecule has 0 fully saturated rings. The first-order chi connectivity index (χ1) is 19.8. The van der Waals surface area contributed by atoms with E-state index >= 15 is 0 Å². The number of aromatic nitrogens is 1. The number of fused-ring (bicyclic) bond motifs is 3. The zero-order valence-electron chi connectivity index (χ0n) is 22.7. The van der Waals surface area contributed by atoms with Crippen LogP contribution in [0.3, 0.4) is 0 Å². The second kappa shape index (κ2) is 10.1. The van der Waals surface area contributed by atoms with Crippen LogP contribution in [0.25, 0.3) is 27.5 Å². The standard InChI is InChI=1S/C38H31NSi/c1-2-29-15-14-22-33(27-29)40(31-18-8-4-9-19-31,32-20-10-5-11-21-32)34-25-26-38-36(28-34)35-23-12-13-24-37(35)39(38)30-16-6-3-7-17-30/h3-28H,2H2,1H3. The van der Waals surface area contributed by atoms with Gasteiger partial charge in [-0.1, -0.05) is 140 Å². The number of benzene rings is 6. The smallest absolute Gasteiger partial charge is 0.179 e. The molecule has 0 radical (unpaired) electrons. The van der Waals surface area contributed by atoms with Gasteiger partial charge < -0.3 is 4.57 Å². The van der Waals surface area contributed by atoms with E-state index in [4.69, 9.17) is 0 Å². The minimum absolute atomic E-state index is 1.02. The fourth-order valence-corrected chi connectivity index (χ4v) is 11.3. The van der Waals surface area contributed by atoms with Gasteiger partial charge in [-0.25, -0.2) is 0 Å². The van der Waals surface area contributed by atoms with Gasteiger partial charge in [-0.3, -0.25) is 0 Å². The van der Waals surface area contributed by atoms with Crippen LogP contribution in [0.15, 0.2) is 158 Å². The highest BCUT2D eigenvalue weighted by Gasteiger charge is 2.41. The first-order valence-electron chi connectivity index (χ1n) is 14.1. The van der Waals surface area contributed by atoms with E-state index in [-0.39, 0.29) is 0 Å². The van der Waals surface area contributed by atoms with Gasteiger partial charge in [-0.15, -0.1) is 0 Å². The molecule has 0 atom stereocenters. The van der Waals surface area contributed by atoms with Gasteiger partial charge in [0.1, 0.15) is 0 Å². The molecule has 7 rings (SSSR count). The predicted molar refractivity (Wildman–Crippen MR) is 174 cm³/mol. The van der Waals surface area contributed by atoms with Crippen molar-refractivity contribution in [3.05, 3.63) is 163 Å². The number of nitrogens with zero attached hydrogens (tertiary/aromatic N) is 1. The Morgan fingerprint density at radius 2 is 1.00 bits per heavy atom. The van der Waals surface area contributed by atoms with E-state index in [0.29, 0.717) is 0 Å². The van der Waals surface area contributed by atoms with Crippen molar-refractivity contribution < 1.29 is 0 Å². The van der Waals surface area contributed by atoms with Crippen LogP contribution in [0.5, 0.6) is 0 Å². The van der Waals surface area contributed by atoms with Crippen molar-refractivity contribution in [2.45, 2.75) is 13.3 Å². The highest BCUT2D eigenvalue weighted by molar-refractivity contribution is 7.20. The molecule has 0 saturated carbocycles. The first-order valence-corrected chi connectivity index (χ1v) is 16.1. The van der Waals surface area contributed by atoms with Gasteiger partial charge in [-0.05, 0) is 57.0 Å². The summed E-state index contributed by atoms with van der Waals surface area (Å²) in [4.78, 5) is 0. The Morgan fingerprint density at radius 1 is 0.450 bits per heavy atom. The molecule has 0 spiro atoms. The Hall–Kier alpha value is -4.66. The lowest BCUT2D eigenvalue weighted by Gasteiger charge is -2.34. The molecule has 0 N–H and O–H groups in total. The lowest BCUT2D eigenvalue weighted by atomic mass is 10.1. The molecule has 0 amide bonds. The average molecular weight is 530 g/mol. The molecule has 6 aromatic carbocycles. The maximum Gasteiger partial charge on any atom is 0.179 e. The second-order valence-corrected chi connectivity index (χ2v) is 14.3. The predicted octanol–water partition coefficient (Wildman–Crippen LogP) is 6.72. The van der Waals surface area contributed by atoms with Crippen molar-refractivity contribution in [3.63, 3.8) is 0 Å². The quantitative estimate of drug-likeness (QED) is 0.166. The van der Waals surface area contributed by atoms with Crippen LogP contribution in [0.1, 0.15) is 12.5 Å². The Balaban J connectivity index is 1.61. The van der Waals surface area contributed by atoms with Crippen molar-refractivity contribution in [2.75, 3.05) is 0 Å². The van der Waals surface area contributed by atoms with Crippen LogP contribution < -0.4 is 20.7 Å². The Labute approximate surface area is 237 Å². The zero-order chi connectivity index (χ0) is 26.9. The Kier molecular flexibility index (Phi) is 6.18. The largest absolute Gasteiger partial charge is 0.309 e. The van der Waals surface area contributed by atoms with Gasteiger partial charge in [0, 0.05) is 16.5 Å². The monoisotopic (exact) mass is 529 g/mol. The zero-order valence-corrected chi connectivity index (χ0v) is 23.7. The summed E-state index contributed by atoms with van der Waals surface area (Å²) in [5.41, 5.74) is 5.04. The minimum atomic E-state index is -2.63. The molecule has 1 heterocycles. The maximum absolute atomic E-state index is 2.63. The summed E-state index contributed by atoms with van der Waals surface area (Å²) in [6.07, 6.45) is 1.02. The molecule has 0 saturated heterocycles. The van der Waals surface area contributed by atoms with Gasteiger partial charge in [0.05, 0.1) is 11.0 Å². The molecule has 0 unspecified atom stereocenters. The molecule has 2 heteroatoms. The summed E-state index contributed by atoms with van der Waals surface area (Å²) in [6.45, 7) is 2.25. The average Bonchev–Trinajstić information content (AvgIpc) is 3.37. The van der Waals surface area contributed by atoms with Crippen LogP contribution in [-0.4, -0.2) is 12.6 Å². The number of aryl methyl sites for hydroxylation is 1. The van der Waals surface area contributed by atoms with E-state index in [0.717, 1.165) is 6.42 Å². The molecule has 40 heavy (non-hydrogen) atoms. The number of rotatable bonds is 6. The normalized spacial score (nSPS) is 11.7. The second-order valence-electron chi connectivity index (χ2n) is 10.5. The molecular formula is C38H31NSi. The van der Waals surface area contributed by atoms with E-state index < -0.39 is 8.07 Å². The number of hydrogen-bond donors (Lipinski definition) is 0. The van der Waals surface area contributed by atoms with E-state index in [1.165, 1.54) is 53.8 Å². The molecular weight excluding hydrogens is 499 g/mol. The molecule has 0 aliphatic carbocycles. The van der Waals surface area contributed by atoms with E-state index in [1.807, 2.05) is 0 Å². The fraction of sp³-hybridized carbons (Fsp3) is 0.0526. The van der Waals surface area contributed by atoms with Gasteiger partial charge >= 0.3 is 0 Å². The third kappa shape index (κ3) is 3.84. The summed E-state index contributed by atoms with van der Waals surface area (Å²) in [5, 5.41) is 8.22. The fourth-order valence-electron chi connectivity index (χ4n) is 6.46. The van der Waals surface area contributed by atoms with Crippen molar-refractivity contribution in [1.29, 1.82) is 0 Å². The summed E-state index contributed by atoms with van der Waals surface area (Å²) >= 11 is 0. The van der Waals surface area contributed by atoms with E-state index in [9.17, 15) is 0 Å². The highest BCUT2D eigenvalue weighted by atomic mass is 28.3. The highest BCUT2D eigenvalue weighted by Crippen LogP contribution is 2.31. The first kappa shape index (κ1) is 24.4. The summed E-state index contributed by atoms with van der Waals surface area (Å²) in [6, 6.07) is 58.6. The molecule has 0 aliphatic rings. The van der Waals surface area contributed by atoms with Gasteiger partial charge in [-0.2, -0.15) is 0 Å². The molecule has 1 aromatic heterocycles. The van der Waals surface area contributed by atoms with Crippen molar-refractivity contribution >= 4 is 50.6 Å². The van der Waals surface area contributed by atoms with Crippen molar-refractivity contribution in [2.24, 2.45) is 0 Å². The van der Waals surface area contributed by atoms with Crippen molar-refractivity contribution in [1.82, 2.24) is 4.57 Å². The van der Waals surface area contributed by atoms with Crippen molar-refractivity contribution in [3.8, 4) is 5.69 Å². The molecule has 0 bridgehead atoms. The van der Waals surface area contributed by atoms with Crippen LogP contribution in [0.4, 0.5) is 0 Å². The molecule has 0 aliphatic heterocycles. The van der Waals surface area contributed by atoms with Crippen LogP contribution in [-0.2, 0) is 6.42 Å². The summed E-state index contributed by atoms with van der Waals surface area (Å²) in [5.74, 6) is 0. The topological polar surface area (TPSA) is 4.93 Å². The summed E-state index contributed by atoms with van der Waals surface area (Å²) < 4.78 is 2.40. The van der Waals surface area contributed by atoms with Crippen LogP contribution in [0, 0.1) is 0 Å². The SMILES string of the molecule is CCc1cccc([Si](c2ccccc2)(c2ccccc2)c2ccc3c(c2)c2ccccc2n3-c2ccccc2)c1. The Bertz CT molecular complexity index is 1880. The lowest BCUT2D eigenvalue weighted by Crippen LogP contribution is -2.74. The van der Waals surface area contributed by atoms with Gasteiger partial charge in [0.15, 0.2) is 8.07 Å².